The van der Waals surface area contributed by atoms with Crippen molar-refractivity contribution in [1.82, 2.24) is 30.2 Å². The molecule has 0 aliphatic carbocycles. The highest BCUT2D eigenvalue weighted by molar-refractivity contribution is 5.92. The van der Waals surface area contributed by atoms with Gasteiger partial charge in [0.15, 0.2) is 0 Å². The summed E-state index contributed by atoms with van der Waals surface area (Å²) in [6.45, 7) is 6.30. The maximum Gasteiger partial charge on any atom is 0.255 e. The summed E-state index contributed by atoms with van der Waals surface area (Å²) in [7, 11) is 0. The number of nitrogens with one attached hydrogen (secondary N) is 2. The molecule has 162 valence electrons. The highest BCUT2D eigenvalue weighted by Crippen LogP contribution is 2.19. The second-order valence-corrected chi connectivity index (χ2v) is 7.35. The van der Waals surface area contributed by atoms with Gasteiger partial charge in [-0.25, -0.2) is 9.67 Å². The number of aromatic nitrogens is 6. The highest BCUT2D eigenvalue weighted by Gasteiger charge is 2.17. The first-order chi connectivity index (χ1) is 15.0. The van der Waals surface area contributed by atoms with Crippen molar-refractivity contribution in [2.24, 2.45) is 0 Å². The summed E-state index contributed by atoms with van der Waals surface area (Å²) in [5.41, 5.74) is 3.26. The average molecular weight is 424 g/mol. The van der Waals surface area contributed by atoms with Crippen LogP contribution in [0.5, 0.6) is 0 Å². The minimum atomic E-state index is -0.210. The zero-order valence-corrected chi connectivity index (χ0v) is 17.5. The van der Waals surface area contributed by atoms with E-state index in [0.29, 0.717) is 55.6 Å². The van der Waals surface area contributed by atoms with Crippen LogP contribution in [-0.4, -0.2) is 62.4 Å². The molecule has 1 aliphatic rings. The number of rotatable bonds is 6. The number of morpholine rings is 1. The van der Waals surface area contributed by atoms with Gasteiger partial charge in [0.2, 0.25) is 11.9 Å². The number of carbonyl (C=O) groups excluding carboxylic acids is 1. The number of tetrazole rings is 1. The van der Waals surface area contributed by atoms with E-state index in [9.17, 15) is 9.59 Å². The van der Waals surface area contributed by atoms with Gasteiger partial charge in [0, 0.05) is 36.5 Å². The first-order valence-corrected chi connectivity index (χ1v) is 10.1. The molecule has 1 saturated heterocycles. The third-order valence-electron chi connectivity index (χ3n) is 5.23. The molecule has 0 bridgehead atoms. The van der Waals surface area contributed by atoms with E-state index < -0.39 is 0 Å². The van der Waals surface area contributed by atoms with Gasteiger partial charge in [0.25, 0.3) is 5.56 Å². The average Bonchev–Trinajstić information content (AvgIpc) is 3.30. The van der Waals surface area contributed by atoms with Crippen molar-refractivity contribution < 1.29 is 9.53 Å². The number of amides is 1. The Hall–Kier alpha value is -3.60. The minimum absolute atomic E-state index is 0.164. The molecule has 11 heteroatoms. The van der Waals surface area contributed by atoms with E-state index in [1.54, 1.807) is 13.0 Å². The quantitative estimate of drug-likeness (QED) is 0.593. The van der Waals surface area contributed by atoms with Gasteiger partial charge in [0.1, 0.15) is 6.33 Å². The molecule has 11 nitrogen and oxygen atoms in total. The van der Waals surface area contributed by atoms with E-state index >= 15 is 0 Å². The van der Waals surface area contributed by atoms with Gasteiger partial charge in [0.05, 0.1) is 18.9 Å². The molecule has 0 saturated carbocycles. The van der Waals surface area contributed by atoms with Crippen molar-refractivity contribution in [2.45, 2.75) is 26.7 Å². The van der Waals surface area contributed by atoms with Crippen molar-refractivity contribution in [3.63, 3.8) is 0 Å². The molecular formula is C20H24N8O3. The molecule has 4 rings (SSSR count). The Morgan fingerprint density at radius 1 is 1.26 bits per heavy atom. The van der Waals surface area contributed by atoms with Crippen molar-refractivity contribution in [3.05, 3.63) is 51.7 Å². The summed E-state index contributed by atoms with van der Waals surface area (Å²) in [6, 6.07) is 5.56. The zero-order valence-electron chi connectivity index (χ0n) is 17.5. The van der Waals surface area contributed by atoms with Crippen LogP contribution in [0.15, 0.2) is 29.3 Å². The van der Waals surface area contributed by atoms with Crippen LogP contribution in [0, 0.1) is 13.8 Å². The number of aryl methyl sites for hydroxylation is 2. The monoisotopic (exact) mass is 424 g/mol. The first-order valence-electron chi connectivity index (χ1n) is 10.1. The molecule has 3 aromatic rings. The molecule has 1 aliphatic heterocycles. The number of carbonyl (C=O) groups is 1. The topological polar surface area (TPSA) is 131 Å². The van der Waals surface area contributed by atoms with Crippen molar-refractivity contribution >= 4 is 17.5 Å². The lowest BCUT2D eigenvalue weighted by Crippen LogP contribution is -2.38. The molecule has 2 N–H and O–H groups in total. The number of benzene rings is 1. The van der Waals surface area contributed by atoms with Crippen LogP contribution in [0.25, 0.3) is 5.69 Å². The molecule has 31 heavy (non-hydrogen) atoms. The lowest BCUT2D eigenvalue weighted by Gasteiger charge is -2.27. The zero-order chi connectivity index (χ0) is 21.8. The Bertz CT molecular complexity index is 1120. The van der Waals surface area contributed by atoms with Crippen LogP contribution in [0.3, 0.4) is 0 Å². The molecule has 1 fully saturated rings. The lowest BCUT2D eigenvalue weighted by atomic mass is 10.1. The third kappa shape index (κ3) is 4.77. The summed E-state index contributed by atoms with van der Waals surface area (Å²) < 4.78 is 6.85. The van der Waals surface area contributed by atoms with E-state index in [1.165, 1.54) is 11.0 Å². The predicted octanol–water partition coefficient (Wildman–Crippen LogP) is 0.770. The fraction of sp³-hybridized carbons (Fsp3) is 0.400. The second kappa shape index (κ2) is 9.04. The summed E-state index contributed by atoms with van der Waals surface area (Å²) in [4.78, 5) is 34.5. The molecule has 1 amide bonds. The molecule has 0 unspecified atom stereocenters. The van der Waals surface area contributed by atoms with Crippen LogP contribution >= 0.6 is 0 Å². The van der Waals surface area contributed by atoms with Crippen molar-refractivity contribution in [1.29, 1.82) is 0 Å². The van der Waals surface area contributed by atoms with E-state index in [2.05, 4.69) is 30.8 Å². The molecule has 0 atom stereocenters. The van der Waals surface area contributed by atoms with Gasteiger partial charge < -0.3 is 15.0 Å². The van der Waals surface area contributed by atoms with E-state index in [1.807, 2.05) is 24.0 Å². The summed E-state index contributed by atoms with van der Waals surface area (Å²) in [5, 5.41) is 14.0. The molecule has 2 aromatic heterocycles. The second-order valence-electron chi connectivity index (χ2n) is 7.35. The van der Waals surface area contributed by atoms with Crippen LogP contribution in [0.1, 0.15) is 23.2 Å². The summed E-state index contributed by atoms with van der Waals surface area (Å²) in [5.74, 6) is 0.363. The molecule has 0 radical (unpaired) electrons. The number of hydrogen-bond donors (Lipinski definition) is 2. The Morgan fingerprint density at radius 2 is 2.06 bits per heavy atom. The lowest BCUT2D eigenvalue weighted by molar-refractivity contribution is -0.116. The fourth-order valence-electron chi connectivity index (χ4n) is 3.43. The maximum atomic E-state index is 12.6. The van der Waals surface area contributed by atoms with Gasteiger partial charge in [-0.2, -0.15) is 0 Å². The van der Waals surface area contributed by atoms with Gasteiger partial charge in [-0.1, -0.05) is 6.07 Å². The Morgan fingerprint density at radius 3 is 2.77 bits per heavy atom. The number of ether oxygens (including phenoxy) is 1. The Balaban J connectivity index is 1.42. The maximum absolute atomic E-state index is 12.6. The molecule has 1 aromatic carbocycles. The minimum Gasteiger partial charge on any atom is -0.378 e. The van der Waals surface area contributed by atoms with Gasteiger partial charge >= 0.3 is 0 Å². The van der Waals surface area contributed by atoms with Crippen LogP contribution in [0.2, 0.25) is 0 Å². The number of anilines is 2. The first kappa shape index (κ1) is 20.7. The summed E-state index contributed by atoms with van der Waals surface area (Å²) >= 11 is 0. The number of nitrogens with zero attached hydrogens (tertiary/aromatic N) is 6. The number of H-pyrrole nitrogens is 1. The SMILES string of the molecule is Cc1ccc(-n2cnnn2)cc1NC(=O)CCc1c(C)nc(N2CCOCC2)[nH]c1=O. The van der Waals surface area contributed by atoms with Gasteiger partial charge in [-0.05, 0) is 48.4 Å². The largest absolute Gasteiger partial charge is 0.378 e. The normalized spacial score (nSPS) is 13.9. The fourth-order valence-corrected chi connectivity index (χ4v) is 3.43. The van der Waals surface area contributed by atoms with E-state index in [0.717, 1.165) is 11.3 Å². The molecule has 0 spiro atoms. The molecular weight excluding hydrogens is 400 g/mol. The number of hydrogen-bond acceptors (Lipinski definition) is 8. The Kier molecular flexibility index (Phi) is 6.03. The van der Waals surface area contributed by atoms with E-state index in [4.69, 9.17) is 4.74 Å². The smallest absolute Gasteiger partial charge is 0.255 e. The third-order valence-corrected chi connectivity index (χ3v) is 5.23. The predicted molar refractivity (Wildman–Crippen MR) is 113 cm³/mol. The summed E-state index contributed by atoms with van der Waals surface area (Å²) in [6.07, 6.45) is 1.95. The van der Waals surface area contributed by atoms with E-state index in [-0.39, 0.29) is 17.9 Å². The van der Waals surface area contributed by atoms with Crippen LogP contribution in [-0.2, 0) is 16.0 Å². The highest BCUT2D eigenvalue weighted by atomic mass is 16.5. The number of aromatic amines is 1. The van der Waals surface area contributed by atoms with Gasteiger partial charge in [-0.3, -0.25) is 14.6 Å². The molecule has 3 heterocycles. The van der Waals surface area contributed by atoms with Crippen LogP contribution in [0.4, 0.5) is 11.6 Å². The Labute approximate surface area is 178 Å². The van der Waals surface area contributed by atoms with Crippen molar-refractivity contribution in [3.8, 4) is 5.69 Å². The van der Waals surface area contributed by atoms with Gasteiger partial charge in [-0.15, -0.1) is 5.10 Å². The van der Waals surface area contributed by atoms with Crippen LogP contribution < -0.4 is 15.8 Å². The standard InChI is InChI=1S/C20H24N8O3/c1-13-3-4-15(28-12-21-25-26-28)11-17(13)23-18(29)6-5-16-14(2)22-20(24-19(16)30)27-7-9-31-10-8-27/h3-4,11-12H,5-10H2,1-2H3,(H,23,29)(H,22,24,30). The van der Waals surface area contributed by atoms with Crippen molar-refractivity contribution in [2.75, 3.05) is 36.5 Å².